The molecule has 0 radical (unpaired) electrons. The van der Waals surface area contributed by atoms with Crippen molar-refractivity contribution in [3.8, 4) is 0 Å². The summed E-state index contributed by atoms with van der Waals surface area (Å²) in [7, 11) is 0. The zero-order valence-electron chi connectivity index (χ0n) is 25.7. The standard InChI is InChI=1S/C33H64O4S/c1-5-6-7-8-9-10-13-19-26-37-32(36)22-17-12-11-16-21-29-30(35)23-24-31(29)38-27-28(34)20-15-14-18-25-33(2,3)4/h28-31,34-35H,5-27H2,1-4H3. The highest BCUT2D eigenvalue weighted by atomic mass is 32.2. The summed E-state index contributed by atoms with van der Waals surface area (Å²) >= 11 is 1.89. The summed E-state index contributed by atoms with van der Waals surface area (Å²) in [5, 5.41) is 21.4. The number of unbranched alkanes of at least 4 members (excludes halogenated alkanes) is 12. The molecule has 1 aliphatic carbocycles. The molecule has 2 N–H and O–H groups in total. The molecular weight excluding hydrogens is 492 g/mol. The van der Waals surface area contributed by atoms with E-state index in [4.69, 9.17) is 4.74 Å². The summed E-state index contributed by atoms with van der Waals surface area (Å²) in [6.07, 6.45) is 23.2. The van der Waals surface area contributed by atoms with Gasteiger partial charge in [0.1, 0.15) is 0 Å². The molecule has 5 heteroatoms. The summed E-state index contributed by atoms with van der Waals surface area (Å²) in [6, 6.07) is 0. The van der Waals surface area contributed by atoms with Crippen LogP contribution in [0.25, 0.3) is 0 Å². The fraction of sp³-hybridized carbons (Fsp3) is 0.970. The minimum atomic E-state index is -0.219. The Kier molecular flexibility index (Phi) is 21.1. The highest BCUT2D eigenvalue weighted by Crippen LogP contribution is 2.39. The van der Waals surface area contributed by atoms with Gasteiger partial charge in [-0.05, 0) is 56.3 Å². The second kappa shape index (κ2) is 22.4. The first kappa shape index (κ1) is 35.8. The first-order chi connectivity index (χ1) is 18.2. The van der Waals surface area contributed by atoms with Crippen LogP contribution < -0.4 is 0 Å². The molecule has 1 rings (SSSR count). The van der Waals surface area contributed by atoms with E-state index in [1.54, 1.807) is 0 Å². The lowest BCUT2D eigenvalue weighted by Gasteiger charge is -2.23. The third kappa shape index (κ3) is 19.7. The molecule has 0 aromatic rings. The van der Waals surface area contributed by atoms with Crippen LogP contribution in [0.5, 0.6) is 0 Å². The Balaban J connectivity index is 2.02. The summed E-state index contributed by atoms with van der Waals surface area (Å²) < 4.78 is 5.40. The lowest BCUT2D eigenvalue weighted by molar-refractivity contribution is -0.143. The Hall–Kier alpha value is -0.260. The minimum Gasteiger partial charge on any atom is -0.466 e. The van der Waals surface area contributed by atoms with Gasteiger partial charge in [0, 0.05) is 17.4 Å². The van der Waals surface area contributed by atoms with Crippen LogP contribution in [-0.2, 0) is 9.53 Å². The lowest BCUT2D eigenvalue weighted by atomic mass is 9.89. The third-order valence-electron chi connectivity index (χ3n) is 8.11. The Morgan fingerprint density at radius 2 is 1.50 bits per heavy atom. The van der Waals surface area contributed by atoms with Gasteiger partial charge in [0.25, 0.3) is 0 Å². The van der Waals surface area contributed by atoms with Crippen LogP contribution in [0.2, 0.25) is 0 Å². The number of hydrogen-bond acceptors (Lipinski definition) is 5. The zero-order valence-corrected chi connectivity index (χ0v) is 26.5. The van der Waals surface area contributed by atoms with E-state index in [-0.39, 0.29) is 18.2 Å². The van der Waals surface area contributed by atoms with Crippen LogP contribution in [-0.4, -0.2) is 46.0 Å². The van der Waals surface area contributed by atoms with Crippen molar-refractivity contribution >= 4 is 17.7 Å². The molecule has 1 fully saturated rings. The summed E-state index contributed by atoms with van der Waals surface area (Å²) in [5.41, 5.74) is 0.408. The first-order valence-corrected chi connectivity index (χ1v) is 17.4. The molecule has 4 nitrogen and oxygen atoms in total. The quantitative estimate of drug-likeness (QED) is 0.0916. The Bertz CT molecular complexity index is 562. The van der Waals surface area contributed by atoms with Crippen molar-refractivity contribution in [1.82, 2.24) is 0 Å². The van der Waals surface area contributed by atoms with Gasteiger partial charge in [0.2, 0.25) is 0 Å². The maximum atomic E-state index is 12.0. The Morgan fingerprint density at radius 1 is 0.868 bits per heavy atom. The van der Waals surface area contributed by atoms with Crippen molar-refractivity contribution in [2.45, 2.75) is 180 Å². The van der Waals surface area contributed by atoms with Crippen LogP contribution in [0.3, 0.4) is 0 Å². The highest BCUT2D eigenvalue weighted by molar-refractivity contribution is 7.99. The van der Waals surface area contributed by atoms with E-state index in [1.165, 1.54) is 64.2 Å². The number of aliphatic hydroxyl groups is 2. The van der Waals surface area contributed by atoms with Crippen molar-refractivity contribution in [2.24, 2.45) is 11.3 Å². The number of esters is 1. The van der Waals surface area contributed by atoms with E-state index in [9.17, 15) is 15.0 Å². The second-order valence-electron chi connectivity index (χ2n) is 13.1. The van der Waals surface area contributed by atoms with Gasteiger partial charge in [0.15, 0.2) is 0 Å². The van der Waals surface area contributed by atoms with Crippen molar-refractivity contribution in [1.29, 1.82) is 0 Å². The predicted molar refractivity (Wildman–Crippen MR) is 165 cm³/mol. The van der Waals surface area contributed by atoms with E-state index in [1.807, 2.05) is 11.8 Å². The average molecular weight is 557 g/mol. The Labute approximate surface area is 240 Å². The number of aliphatic hydroxyl groups excluding tert-OH is 2. The highest BCUT2D eigenvalue weighted by Gasteiger charge is 2.34. The molecule has 0 aromatic carbocycles. The summed E-state index contributed by atoms with van der Waals surface area (Å²) in [6.45, 7) is 9.71. The smallest absolute Gasteiger partial charge is 0.305 e. The van der Waals surface area contributed by atoms with E-state index in [0.717, 1.165) is 70.0 Å². The van der Waals surface area contributed by atoms with E-state index >= 15 is 0 Å². The third-order valence-corrected chi connectivity index (χ3v) is 9.71. The average Bonchev–Trinajstić information content (AvgIpc) is 3.22. The number of hydrogen-bond donors (Lipinski definition) is 2. The van der Waals surface area contributed by atoms with Gasteiger partial charge >= 0.3 is 5.97 Å². The molecule has 38 heavy (non-hydrogen) atoms. The molecule has 1 saturated carbocycles. The molecule has 4 atom stereocenters. The Morgan fingerprint density at radius 3 is 2.21 bits per heavy atom. The predicted octanol–water partition coefficient (Wildman–Crippen LogP) is 9.24. The van der Waals surface area contributed by atoms with E-state index in [0.29, 0.717) is 29.6 Å². The van der Waals surface area contributed by atoms with Crippen LogP contribution in [0.4, 0.5) is 0 Å². The fourth-order valence-electron chi connectivity index (χ4n) is 5.62. The van der Waals surface area contributed by atoms with Crippen LogP contribution >= 0.6 is 11.8 Å². The van der Waals surface area contributed by atoms with Gasteiger partial charge in [-0.25, -0.2) is 0 Å². The van der Waals surface area contributed by atoms with Crippen LogP contribution in [0.1, 0.15) is 163 Å². The molecule has 4 unspecified atom stereocenters. The number of thioether (sulfide) groups is 1. The summed E-state index contributed by atoms with van der Waals surface area (Å²) in [4.78, 5) is 12.0. The molecular formula is C33H64O4S. The molecule has 0 aromatic heterocycles. The van der Waals surface area contributed by atoms with Gasteiger partial charge in [-0.2, -0.15) is 11.8 Å². The maximum Gasteiger partial charge on any atom is 0.305 e. The summed E-state index contributed by atoms with van der Waals surface area (Å²) in [5.74, 6) is 1.12. The van der Waals surface area contributed by atoms with Gasteiger partial charge in [-0.3, -0.25) is 4.79 Å². The molecule has 0 amide bonds. The van der Waals surface area contributed by atoms with Crippen molar-refractivity contribution in [3.63, 3.8) is 0 Å². The van der Waals surface area contributed by atoms with Gasteiger partial charge < -0.3 is 14.9 Å². The van der Waals surface area contributed by atoms with E-state index < -0.39 is 0 Å². The first-order valence-electron chi connectivity index (χ1n) is 16.4. The second-order valence-corrected chi connectivity index (χ2v) is 14.4. The van der Waals surface area contributed by atoms with Crippen molar-refractivity contribution in [2.75, 3.05) is 12.4 Å². The molecule has 0 bridgehead atoms. The van der Waals surface area contributed by atoms with Gasteiger partial charge in [-0.1, -0.05) is 111 Å². The molecule has 0 aliphatic heterocycles. The molecule has 1 aliphatic rings. The molecule has 0 heterocycles. The molecule has 0 saturated heterocycles. The van der Waals surface area contributed by atoms with Crippen molar-refractivity contribution in [3.05, 3.63) is 0 Å². The molecule has 226 valence electrons. The topological polar surface area (TPSA) is 66.8 Å². The fourth-order valence-corrected chi connectivity index (χ4v) is 7.13. The SMILES string of the molecule is CCCCCCCCCCOC(=O)CCCCCCC1C(O)CCC1SCC(O)CCCCCC(C)(C)C. The number of carbonyl (C=O) groups is 1. The zero-order chi connectivity index (χ0) is 28.1. The number of carbonyl (C=O) groups excluding carboxylic acids is 1. The van der Waals surface area contributed by atoms with Crippen LogP contribution in [0.15, 0.2) is 0 Å². The van der Waals surface area contributed by atoms with Crippen LogP contribution in [0, 0.1) is 11.3 Å². The molecule has 0 spiro atoms. The van der Waals surface area contributed by atoms with Gasteiger partial charge in [-0.15, -0.1) is 0 Å². The normalized spacial score (nSPS) is 20.6. The monoisotopic (exact) mass is 556 g/mol. The minimum absolute atomic E-state index is 0.0385. The largest absolute Gasteiger partial charge is 0.466 e. The van der Waals surface area contributed by atoms with E-state index in [2.05, 4.69) is 27.7 Å². The lowest BCUT2D eigenvalue weighted by Crippen LogP contribution is -2.22. The van der Waals surface area contributed by atoms with Gasteiger partial charge in [0.05, 0.1) is 18.8 Å². The maximum absolute atomic E-state index is 12.0. The van der Waals surface area contributed by atoms with Crippen molar-refractivity contribution < 1.29 is 19.7 Å². The number of rotatable bonds is 24. The number of ether oxygens (including phenoxy) is 1.